The summed E-state index contributed by atoms with van der Waals surface area (Å²) in [4.78, 5) is 27.8. The van der Waals surface area contributed by atoms with Crippen molar-refractivity contribution >= 4 is 51.8 Å². The predicted molar refractivity (Wildman–Crippen MR) is 118 cm³/mol. The molecule has 28 heavy (non-hydrogen) atoms. The van der Waals surface area contributed by atoms with Crippen molar-refractivity contribution in [2.45, 2.75) is 6.92 Å². The Labute approximate surface area is 184 Å². The van der Waals surface area contributed by atoms with Crippen LogP contribution in [0.15, 0.2) is 24.3 Å². The van der Waals surface area contributed by atoms with E-state index in [2.05, 4.69) is 32.8 Å². The molecular formula is C19H25ClIN3O4. The van der Waals surface area contributed by atoms with Gasteiger partial charge in [0.05, 0.1) is 31.0 Å². The topological polar surface area (TPSA) is 71.1 Å². The lowest BCUT2D eigenvalue weighted by Gasteiger charge is -2.34. The third kappa shape index (κ3) is 6.82. The Morgan fingerprint density at radius 2 is 2.00 bits per heavy atom. The van der Waals surface area contributed by atoms with Gasteiger partial charge in [-0.3, -0.25) is 9.69 Å². The van der Waals surface area contributed by atoms with E-state index in [0.29, 0.717) is 37.0 Å². The molecular weight excluding hydrogens is 497 g/mol. The summed E-state index contributed by atoms with van der Waals surface area (Å²) in [5, 5.41) is 3.76. The third-order valence-electron chi connectivity index (χ3n) is 4.30. The number of methoxy groups -OCH3 is 1. The zero-order chi connectivity index (χ0) is 20.5. The second-order valence-corrected chi connectivity index (χ2v) is 7.73. The van der Waals surface area contributed by atoms with E-state index in [4.69, 9.17) is 21.1 Å². The number of carbonyl (C=O) groups is 2. The van der Waals surface area contributed by atoms with E-state index in [1.54, 1.807) is 26.2 Å². The molecule has 1 aliphatic rings. The van der Waals surface area contributed by atoms with Crippen LogP contribution in [0.2, 0.25) is 5.02 Å². The Kier molecular flexibility index (Phi) is 9.33. The monoisotopic (exact) mass is 521 g/mol. The van der Waals surface area contributed by atoms with Crippen molar-refractivity contribution in [3.8, 4) is 5.75 Å². The molecule has 0 saturated carbocycles. The van der Waals surface area contributed by atoms with Crippen LogP contribution in [0.25, 0.3) is 0 Å². The van der Waals surface area contributed by atoms with Crippen LogP contribution in [0, 0.1) is 3.57 Å². The second kappa shape index (κ2) is 11.5. The lowest BCUT2D eigenvalue weighted by Crippen LogP contribution is -2.50. The van der Waals surface area contributed by atoms with Crippen molar-refractivity contribution in [3.63, 3.8) is 0 Å². The molecule has 1 saturated heterocycles. The predicted octanol–water partition coefficient (Wildman–Crippen LogP) is 2.63. The number of amides is 1. The second-order valence-electron chi connectivity index (χ2n) is 6.16. The van der Waals surface area contributed by atoms with E-state index < -0.39 is 0 Å². The van der Waals surface area contributed by atoms with Crippen molar-refractivity contribution < 1.29 is 19.1 Å². The molecule has 9 heteroatoms. The molecule has 0 unspecified atom stereocenters. The molecule has 1 N–H and O–H groups in total. The number of halogens is 2. The van der Waals surface area contributed by atoms with Gasteiger partial charge in [-0.25, -0.2) is 4.79 Å². The fraction of sp³-hybridized carbons (Fsp3) is 0.474. The minimum atomic E-state index is -0.324. The number of hydrogen-bond donors (Lipinski definition) is 1. The lowest BCUT2D eigenvalue weighted by molar-refractivity contribution is -0.137. The van der Waals surface area contributed by atoms with Gasteiger partial charge in [0.25, 0.3) is 0 Å². The van der Waals surface area contributed by atoms with Gasteiger partial charge in [0, 0.05) is 48.4 Å². The van der Waals surface area contributed by atoms with Crippen molar-refractivity contribution in [2.75, 3.05) is 58.3 Å². The third-order valence-corrected chi connectivity index (χ3v) is 5.83. The van der Waals surface area contributed by atoms with Crippen LogP contribution in [0.4, 0.5) is 5.69 Å². The van der Waals surface area contributed by atoms with Crippen molar-refractivity contribution in [3.05, 3.63) is 32.9 Å². The Hall–Kier alpha value is -1.52. The van der Waals surface area contributed by atoms with Gasteiger partial charge in [0.1, 0.15) is 5.75 Å². The fourth-order valence-corrected chi connectivity index (χ4v) is 3.41. The van der Waals surface area contributed by atoms with E-state index in [9.17, 15) is 9.59 Å². The van der Waals surface area contributed by atoms with E-state index in [1.807, 2.05) is 11.0 Å². The first kappa shape index (κ1) is 22.8. The van der Waals surface area contributed by atoms with Crippen molar-refractivity contribution in [1.82, 2.24) is 9.80 Å². The van der Waals surface area contributed by atoms with Crippen LogP contribution in [-0.2, 0) is 14.3 Å². The first-order chi connectivity index (χ1) is 13.4. The van der Waals surface area contributed by atoms with E-state index in [0.717, 1.165) is 22.3 Å². The number of nitrogens with one attached hydrogen (secondary N) is 1. The first-order valence-corrected chi connectivity index (χ1v) is 10.5. The molecule has 0 aliphatic carbocycles. The zero-order valence-corrected chi connectivity index (χ0v) is 19.0. The number of benzene rings is 1. The van der Waals surface area contributed by atoms with Gasteiger partial charge in [-0.1, -0.05) is 17.7 Å². The van der Waals surface area contributed by atoms with Gasteiger partial charge in [-0.2, -0.15) is 0 Å². The SMILES string of the molecule is CCOC(=O)/C=C/CN1CCN(C(=O)CNc2cc(I)c(Cl)cc2OC)CC1. The number of piperazine rings is 1. The highest BCUT2D eigenvalue weighted by atomic mass is 127. The fourth-order valence-electron chi connectivity index (χ4n) is 2.79. The summed E-state index contributed by atoms with van der Waals surface area (Å²) in [5.41, 5.74) is 0.743. The number of hydrogen-bond acceptors (Lipinski definition) is 6. The molecule has 1 fully saturated rings. The maximum Gasteiger partial charge on any atom is 0.330 e. The summed E-state index contributed by atoms with van der Waals surface area (Å²) in [6.45, 7) is 5.85. The molecule has 1 heterocycles. The first-order valence-electron chi connectivity index (χ1n) is 9.05. The summed E-state index contributed by atoms with van der Waals surface area (Å²) >= 11 is 8.25. The Bertz CT molecular complexity index is 721. The van der Waals surface area contributed by atoms with Crippen LogP contribution in [0.1, 0.15) is 6.92 Å². The average Bonchev–Trinajstić information content (AvgIpc) is 2.69. The Morgan fingerprint density at radius 3 is 2.64 bits per heavy atom. The lowest BCUT2D eigenvalue weighted by atomic mass is 10.2. The molecule has 0 aromatic heterocycles. The summed E-state index contributed by atoms with van der Waals surface area (Å²) < 4.78 is 11.1. The van der Waals surface area contributed by atoms with E-state index in [-0.39, 0.29) is 18.4 Å². The molecule has 1 amide bonds. The van der Waals surface area contributed by atoms with Crippen LogP contribution in [0.5, 0.6) is 5.75 Å². The molecule has 7 nitrogen and oxygen atoms in total. The van der Waals surface area contributed by atoms with Crippen molar-refractivity contribution in [2.24, 2.45) is 0 Å². The van der Waals surface area contributed by atoms with Crippen molar-refractivity contribution in [1.29, 1.82) is 0 Å². The van der Waals surface area contributed by atoms with Gasteiger partial charge in [-0.05, 0) is 35.6 Å². The Balaban J connectivity index is 1.78. The number of esters is 1. The molecule has 0 atom stereocenters. The number of carbonyl (C=O) groups excluding carboxylic acids is 2. The molecule has 2 rings (SSSR count). The Morgan fingerprint density at radius 1 is 1.29 bits per heavy atom. The number of ether oxygens (including phenoxy) is 2. The smallest absolute Gasteiger partial charge is 0.330 e. The number of anilines is 1. The summed E-state index contributed by atoms with van der Waals surface area (Å²) in [6.07, 6.45) is 3.25. The zero-order valence-electron chi connectivity index (χ0n) is 16.0. The molecule has 1 aliphatic heterocycles. The van der Waals surface area contributed by atoms with Gasteiger partial charge in [0.2, 0.25) is 5.91 Å². The average molecular weight is 522 g/mol. The van der Waals surface area contributed by atoms with E-state index >= 15 is 0 Å². The summed E-state index contributed by atoms with van der Waals surface area (Å²) in [6, 6.07) is 3.60. The van der Waals surface area contributed by atoms with Gasteiger partial charge in [-0.15, -0.1) is 0 Å². The van der Waals surface area contributed by atoms with Crippen LogP contribution < -0.4 is 10.1 Å². The summed E-state index contributed by atoms with van der Waals surface area (Å²) in [7, 11) is 1.57. The minimum absolute atomic E-state index is 0.0359. The highest BCUT2D eigenvalue weighted by Crippen LogP contribution is 2.32. The standard InChI is InChI=1S/C19H25ClIN3O4/c1-3-28-19(26)5-4-6-23-7-9-24(10-8-23)18(25)13-22-16-12-15(21)14(20)11-17(16)27-2/h4-5,11-12,22H,3,6-10,13H2,1-2H3/b5-4+. The molecule has 0 bridgehead atoms. The van der Waals surface area contributed by atoms with Crippen LogP contribution >= 0.6 is 34.2 Å². The van der Waals surface area contributed by atoms with Gasteiger partial charge >= 0.3 is 5.97 Å². The maximum atomic E-state index is 12.5. The number of rotatable bonds is 8. The largest absolute Gasteiger partial charge is 0.495 e. The molecule has 0 radical (unpaired) electrons. The maximum absolute atomic E-state index is 12.5. The van der Waals surface area contributed by atoms with Gasteiger partial charge < -0.3 is 19.7 Å². The summed E-state index contributed by atoms with van der Waals surface area (Å²) in [5.74, 6) is 0.319. The highest BCUT2D eigenvalue weighted by molar-refractivity contribution is 14.1. The van der Waals surface area contributed by atoms with Crippen LogP contribution in [-0.4, -0.2) is 74.7 Å². The minimum Gasteiger partial charge on any atom is -0.495 e. The highest BCUT2D eigenvalue weighted by Gasteiger charge is 2.20. The number of nitrogens with zero attached hydrogens (tertiary/aromatic N) is 2. The molecule has 1 aromatic carbocycles. The molecule has 1 aromatic rings. The normalized spacial score (nSPS) is 14.9. The molecule has 154 valence electrons. The molecule has 0 spiro atoms. The van der Waals surface area contributed by atoms with Crippen LogP contribution in [0.3, 0.4) is 0 Å². The van der Waals surface area contributed by atoms with E-state index in [1.165, 1.54) is 6.08 Å². The quantitative estimate of drug-likeness (QED) is 0.322. The van der Waals surface area contributed by atoms with Gasteiger partial charge in [0.15, 0.2) is 0 Å².